The second-order valence-electron chi connectivity index (χ2n) is 3.39. The van der Waals surface area contributed by atoms with Gasteiger partial charge in [-0.25, -0.2) is 4.98 Å². The van der Waals surface area contributed by atoms with Crippen molar-refractivity contribution in [2.75, 3.05) is 11.4 Å². The number of hydrogen-bond acceptors (Lipinski definition) is 3. The highest BCUT2D eigenvalue weighted by Gasteiger charge is 2.08. The summed E-state index contributed by atoms with van der Waals surface area (Å²) in [6.07, 6.45) is 8.29. The maximum absolute atomic E-state index is 4.60. The Hall–Kier alpha value is -1.61. The van der Waals surface area contributed by atoms with E-state index in [0.29, 0.717) is 0 Å². The first kappa shape index (κ1) is 8.68. The molecule has 0 amide bonds. The molecule has 0 spiro atoms. The average molecular weight is 214 g/mol. The number of aromatic nitrogens is 1. The standard InChI is InChI=1S/C12H10N2S/c1-4-8-14(9-5-1)12-13-10-6-2-3-7-11(10)15-12/h1-8H,9H2. The zero-order valence-electron chi connectivity index (χ0n) is 8.13. The Morgan fingerprint density at radius 3 is 2.93 bits per heavy atom. The van der Waals surface area contributed by atoms with Crippen LogP contribution in [0.5, 0.6) is 0 Å². The largest absolute Gasteiger partial charge is 0.321 e. The molecule has 2 heterocycles. The predicted octanol–water partition coefficient (Wildman–Crippen LogP) is 3.19. The third-order valence-electron chi connectivity index (χ3n) is 2.34. The van der Waals surface area contributed by atoms with Gasteiger partial charge in [0.1, 0.15) is 0 Å². The zero-order chi connectivity index (χ0) is 10.1. The summed E-state index contributed by atoms with van der Waals surface area (Å²) in [5.74, 6) is 0. The smallest absolute Gasteiger partial charge is 0.190 e. The van der Waals surface area contributed by atoms with Gasteiger partial charge in [-0.05, 0) is 18.2 Å². The summed E-state index contributed by atoms with van der Waals surface area (Å²) in [6.45, 7) is 0.913. The Morgan fingerprint density at radius 2 is 2.13 bits per heavy atom. The molecule has 2 aromatic rings. The predicted molar refractivity (Wildman–Crippen MR) is 65.2 cm³/mol. The van der Waals surface area contributed by atoms with Crippen LogP contribution in [0, 0.1) is 0 Å². The van der Waals surface area contributed by atoms with Crippen molar-refractivity contribution >= 4 is 26.7 Å². The summed E-state index contributed by atoms with van der Waals surface area (Å²) in [6, 6.07) is 8.24. The molecular weight excluding hydrogens is 204 g/mol. The summed E-state index contributed by atoms with van der Waals surface area (Å²) in [7, 11) is 0. The summed E-state index contributed by atoms with van der Waals surface area (Å²) in [5.41, 5.74) is 1.08. The number of rotatable bonds is 1. The molecule has 1 aromatic heterocycles. The number of anilines is 1. The molecule has 0 saturated carbocycles. The van der Waals surface area contributed by atoms with E-state index in [1.165, 1.54) is 4.70 Å². The Kier molecular flexibility index (Phi) is 2.03. The van der Waals surface area contributed by atoms with E-state index in [2.05, 4.69) is 46.4 Å². The highest BCUT2D eigenvalue weighted by atomic mass is 32.1. The van der Waals surface area contributed by atoms with Gasteiger partial charge in [0, 0.05) is 12.7 Å². The zero-order valence-corrected chi connectivity index (χ0v) is 8.95. The lowest BCUT2D eigenvalue weighted by atomic mass is 10.3. The molecule has 15 heavy (non-hydrogen) atoms. The minimum absolute atomic E-state index is 0.913. The van der Waals surface area contributed by atoms with Gasteiger partial charge in [-0.2, -0.15) is 0 Å². The van der Waals surface area contributed by atoms with E-state index in [9.17, 15) is 0 Å². The molecule has 0 aliphatic carbocycles. The molecule has 0 atom stereocenters. The van der Waals surface area contributed by atoms with Crippen molar-refractivity contribution in [3.05, 3.63) is 48.7 Å². The Labute approximate surface area is 92.2 Å². The Balaban J connectivity index is 2.04. The molecule has 1 aliphatic rings. The molecule has 0 bridgehead atoms. The molecular formula is C12H10N2S. The van der Waals surface area contributed by atoms with Crippen LogP contribution in [0.3, 0.4) is 0 Å². The molecule has 1 aromatic carbocycles. The molecule has 2 nitrogen and oxygen atoms in total. The molecule has 1 aliphatic heterocycles. The first-order valence-corrected chi connectivity index (χ1v) is 5.71. The minimum Gasteiger partial charge on any atom is -0.321 e. The van der Waals surface area contributed by atoms with Gasteiger partial charge in [0.15, 0.2) is 5.13 Å². The number of nitrogens with zero attached hydrogens (tertiary/aromatic N) is 2. The van der Waals surface area contributed by atoms with E-state index in [4.69, 9.17) is 0 Å². The van der Waals surface area contributed by atoms with Gasteiger partial charge in [-0.15, -0.1) is 0 Å². The second-order valence-corrected chi connectivity index (χ2v) is 4.40. The topological polar surface area (TPSA) is 16.1 Å². The lowest BCUT2D eigenvalue weighted by Crippen LogP contribution is -2.16. The van der Waals surface area contributed by atoms with Crippen LogP contribution in [0.25, 0.3) is 10.2 Å². The molecule has 0 unspecified atom stereocenters. The number of hydrogen-bond donors (Lipinski definition) is 0. The van der Waals surface area contributed by atoms with Crippen molar-refractivity contribution in [2.24, 2.45) is 0 Å². The van der Waals surface area contributed by atoms with Gasteiger partial charge in [0.25, 0.3) is 0 Å². The Bertz CT molecular complexity index is 506. The fourth-order valence-corrected chi connectivity index (χ4v) is 2.55. The van der Waals surface area contributed by atoms with Crippen LogP contribution in [-0.4, -0.2) is 11.5 Å². The average Bonchev–Trinajstić information content (AvgIpc) is 2.74. The van der Waals surface area contributed by atoms with Gasteiger partial charge >= 0.3 is 0 Å². The van der Waals surface area contributed by atoms with E-state index in [-0.39, 0.29) is 0 Å². The first-order chi connectivity index (χ1) is 7.43. The molecule has 3 heteroatoms. The second kappa shape index (κ2) is 3.51. The number of benzene rings is 1. The van der Waals surface area contributed by atoms with Crippen LogP contribution >= 0.6 is 11.3 Å². The molecule has 0 saturated heterocycles. The molecule has 74 valence electrons. The van der Waals surface area contributed by atoms with Crippen LogP contribution < -0.4 is 4.90 Å². The maximum Gasteiger partial charge on any atom is 0.190 e. The van der Waals surface area contributed by atoms with E-state index in [1.807, 2.05) is 12.1 Å². The van der Waals surface area contributed by atoms with Crippen molar-refractivity contribution < 1.29 is 0 Å². The van der Waals surface area contributed by atoms with Crippen LogP contribution in [0.1, 0.15) is 0 Å². The minimum atomic E-state index is 0.913. The molecule has 0 fully saturated rings. The third kappa shape index (κ3) is 1.55. The van der Waals surface area contributed by atoms with Gasteiger partial charge in [-0.3, -0.25) is 0 Å². The molecule has 0 radical (unpaired) electrons. The van der Waals surface area contributed by atoms with Gasteiger partial charge < -0.3 is 4.90 Å². The fourth-order valence-electron chi connectivity index (χ4n) is 1.59. The van der Waals surface area contributed by atoms with Gasteiger partial charge in [0.05, 0.1) is 10.2 Å². The van der Waals surface area contributed by atoms with Crippen molar-refractivity contribution in [1.82, 2.24) is 4.98 Å². The lowest BCUT2D eigenvalue weighted by molar-refractivity contribution is 1.06. The van der Waals surface area contributed by atoms with Crippen LogP contribution in [0.4, 0.5) is 5.13 Å². The number of para-hydroxylation sites is 1. The summed E-state index contributed by atoms with van der Waals surface area (Å²) < 4.78 is 1.25. The molecule has 3 rings (SSSR count). The quantitative estimate of drug-likeness (QED) is 0.724. The van der Waals surface area contributed by atoms with E-state index < -0.39 is 0 Å². The lowest BCUT2D eigenvalue weighted by Gasteiger charge is -2.16. The first-order valence-electron chi connectivity index (χ1n) is 4.89. The Morgan fingerprint density at radius 1 is 1.20 bits per heavy atom. The third-order valence-corrected chi connectivity index (χ3v) is 3.42. The van der Waals surface area contributed by atoms with Crippen LogP contribution in [0.15, 0.2) is 48.7 Å². The highest BCUT2D eigenvalue weighted by Crippen LogP contribution is 2.29. The summed E-state index contributed by atoms with van der Waals surface area (Å²) in [5, 5.41) is 1.07. The van der Waals surface area contributed by atoms with Crippen molar-refractivity contribution in [1.29, 1.82) is 0 Å². The summed E-state index contributed by atoms with van der Waals surface area (Å²) >= 11 is 1.73. The number of thiazole rings is 1. The number of fused-ring (bicyclic) bond motifs is 1. The van der Waals surface area contributed by atoms with Crippen LogP contribution in [-0.2, 0) is 0 Å². The summed E-state index contributed by atoms with van der Waals surface area (Å²) in [4.78, 5) is 6.75. The maximum atomic E-state index is 4.60. The fraction of sp³-hybridized carbons (Fsp3) is 0.0833. The number of allylic oxidation sites excluding steroid dienone is 2. The van der Waals surface area contributed by atoms with Gasteiger partial charge in [-0.1, -0.05) is 35.6 Å². The normalized spacial score (nSPS) is 15.1. The van der Waals surface area contributed by atoms with E-state index >= 15 is 0 Å². The van der Waals surface area contributed by atoms with E-state index in [1.54, 1.807) is 11.3 Å². The van der Waals surface area contributed by atoms with Gasteiger partial charge in [0.2, 0.25) is 0 Å². The van der Waals surface area contributed by atoms with Crippen molar-refractivity contribution in [3.63, 3.8) is 0 Å². The van der Waals surface area contributed by atoms with Crippen molar-refractivity contribution in [2.45, 2.75) is 0 Å². The van der Waals surface area contributed by atoms with E-state index in [0.717, 1.165) is 17.2 Å². The van der Waals surface area contributed by atoms with Crippen LogP contribution in [0.2, 0.25) is 0 Å². The highest BCUT2D eigenvalue weighted by molar-refractivity contribution is 7.22. The molecule has 0 N–H and O–H groups in total. The SMILES string of the molecule is C1=CCN(c2nc3ccccc3s2)C=C1. The monoisotopic (exact) mass is 214 g/mol. The van der Waals surface area contributed by atoms with Crippen molar-refractivity contribution in [3.8, 4) is 0 Å².